The number of rotatable bonds is 5. The van der Waals surface area contributed by atoms with Gasteiger partial charge < -0.3 is 9.64 Å². The van der Waals surface area contributed by atoms with Crippen molar-refractivity contribution in [1.82, 2.24) is 0 Å². The van der Waals surface area contributed by atoms with E-state index in [1.807, 2.05) is 24.3 Å². The fourth-order valence-electron chi connectivity index (χ4n) is 2.02. The summed E-state index contributed by atoms with van der Waals surface area (Å²) in [5, 5.41) is 10.7. The summed E-state index contributed by atoms with van der Waals surface area (Å²) in [5.41, 5.74) is 0.598. The lowest BCUT2D eigenvalue weighted by atomic mass is 10.1. The van der Waals surface area contributed by atoms with Gasteiger partial charge in [0.25, 0.3) is 0 Å². The number of methoxy groups -OCH3 is 1. The van der Waals surface area contributed by atoms with Crippen LogP contribution >= 0.6 is 0 Å². The van der Waals surface area contributed by atoms with Crippen LogP contribution in [-0.4, -0.2) is 19.1 Å². The molecule has 0 atom stereocenters. The molecule has 0 saturated carbocycles. The SMILES string of the molecule is COc1cccc(N(C)Cc2cccc([N+](=O)[O-])c2F)c1. The van der Waals surface area contributed by atoms with E-state index >= 15 is 0 Å². The molecule has 2 rings (SSSR count). The molecule has 0 aromatic heterocycles. The number of ether oxygens (including phenoxy) is 1. The van der Waals surface area contributed by atoms with E-state index in [4.69, 9.17) is 4.74 Å². The largest absolute Gasteiger partial charge is 0.497 e. The van der Waals surface area contributed by atoms with Crippen LogP contribution in [0.5, 0.6) is 5.75 Å². The predicted molar refractivity (Wildman–Crippen MR) is 78.2 cm³/mol. The second-order valence-corrected chi connectivity index (χ2v) is 4.56. The second-order valence-electron chi connectivity index (χ2n) is 4.56. The molecule has 21 heavy (non-hydrogen) atoms. The second kappa shape index (κ2) is 6.21. The number of nitro benzene ring substituents is 1. The lowest BCUT2D eigenvalue weighted by molar-refractivity contribution is -0.387. The van der Waals surface area contributed by atoms with Crippen molar-refractivity contribution in [3.63, 3.8) is 0 Å². The molecule has 0 aliphatic heterocycles. The Morgan fingerprint density at radius 1 is 1.29 bits per heavy atom. The summed E-state index contributed by atoms with van der Waals surface area (Å²) >= 11 is 0. The van der Waals surface area contributed by atoms with E-state index in [1.54, 1.807) is 25.1 Å². The van der Waals surface area contributed by atoms with Crippen molar-refractivity contribution in [2.75, 3.05) is 19.1 Å². The van der Waals surface area contributed by atoms with Crippen LogP contribution < -0.4 is 9.64 Å². The maximum atomic E-state index is 14.1. The van der Waals surface area contributed by atoms with E-state index < -0.39 is 16.4 Å². The molecule has 0 heterocycles. The number of nitrogens with zero attached hydrogens (tertiary/aromatic N) is 2. The number of benzene rings is 2. The Morgan fingerprint density at radius 2 is 2.00 bits per heavy atom. The minimum Gasteiger partial charge on any atom is -0.497 e. The molecule has 0 aliphatic rings. The first-order valence-electron chi connectivity index (χ1n) is 6.30. The van der Waals surface area contributed by atoms with Gasteiger partial charge in [-0.05, 0) is 12.1 Å². The Balaban J connectivity index is 2.25. The fourth-order valence-corrected chi connectivity index (χ4v) is 2.02. The van der Waals surface area contributed by atoms with Gasteiger partial charge in [0.15, 0.2) is 0 Å². The molecule has 0 bridgehead atoms. The molecule has 110 valence electrons. The molecule has 0 radical (unpaired) electrons. The molecule has 2 aromatic carbocycles. The molecule has 0 amide bonds. The van der Waals surface area contributed by atoms with E-state index in [-0.39, 0.29) is 12.1 Å². The molecule has 0 N–H and O–H groups in total. The molecule has 0 spiro atoms. The van der Waals surface area contributed by atoms with Gasteiger partial charge in [0.1, 0.15) is 5.75 Å². The van der Waals surface area contributed by atoms with Gasteiger partial charge in [0, 0.05) is 37.0 Å². The molecular weight excluding hydrogens is 275 g/mol. The highest BCUT2D eigenvalue weighted by Crippen LogP contribution is 2.25. The number of halogens is 1. The van der Waals surface area contributed by atoms with E-state index in [0.29, 0.717) is 5.75 Å². The van der Waals surface area contributed by atoms with Crippen LogP contribution in [0.15, 0.2) is 42.5 Å². The summed E-state index contributed by atoms with van der Waals surface area (Å²) in [4.78, 5) is 11.8. The average Bonchev–Trinajstić information content (AvgIpc) is 2.49. The summed E-state index contributed by atoms with van der Waals surface area (Å²) in [5.74, 6) is -0.101. The highest BCUT2D eigenvalue weighted by molar-refractivity contribution is 5.51. The van der Waals surface area contributed by atoms with Crippen molar-refractivity contribution < 1.29 is 14.1 Å². The minimum absolute atomic E-state index is 0.223. The zero-order chi connectivity index (χ0) is 15.4. The zero-order valence-corrected chi connectivity index (χ0v) is 11.7. The average molecular weight is 290 g/mol. The predicted octanol–water partition coefficient (Wildman–Crippen LogP) is 3.38. The van der Waals surface area contributed by atoms with Crippen LogP contribution in [0.1, 0.15) is 5.56 Å². The van der Waals surface area contributed by atoms with Crippen molar-refractivity contribution in [2.24, 2.45) is 0 Å². The first-order chi connectivity index (χ1) is 10.0. The quantitative estimate of drug-likeness (QED) is 0.625. The molecule has 0 saturated heterocycles. The van der Waals surface area contributed by atoms with Gasteiger partial charge in [-0.1, -0.05) is 18.2 Å². The highest BCUT2D eigenvalue weighted by atomic mass is 19.1. The van der Waals surface area contributed by atoms with Crippen molar-refractivity contribution in [1.29, 1.82) is 0 Å². The highest BCUT2D eigenvalue weighted by Gasteiger charge is 2.18. The smallest absolute Gasteiger partial charge is 0.305 e. The van der Waals surface area contributed by atoms with E-state index in [1.165, 1.54) is 6.07 Å². The van der Waals surface area contributed by atoms with Gasteiger partial charge in [-0.15, -0.1) is 0 Å². The number of anilines is 1. The molecular formula is C15H15FN2O3. The van der Waals surface area contributed by atoms with Crippen LogP contribution in [0.2, 0.25) is 0 Å². The molecule has 0 aliphatic carbocycles. The molecule has 6 heteroatoms. The van der Waals surface area contributed by atoms with Crippen molar-refractivity contribution in [3.8, 4) is 5.75 Å². The Hall–Kier alpha value is -2.63. The van der Waals surface area contributed by atoms with Gasteiger partial charge in [-0.25, -0.2) is 0 Å². The van der Waals surface area contributed by atoms with Crippen molar-refractivity contribution in [2.45, 2.75) is 6.54 Å². The van der Waals surface area contributed by atoms with Gasteiger partial charge in [0.2, 0.25) is 5.82 Å². The van der Waals surface area contributed by atoms with Crippen LogP contribution in [0.4, 0.5) is 15.8 Å². The Bertz CT molecular complexity index is 661. The Morgan fingerprint density at radius 3 is 2.67 bits per heavy atom. The standard InChI is InChI=1S/C15H15FN2O3/c1-17(12-6-4-7-13(9-12)21-2)10-11-5-3-8-14(15(11)16)18(19)20/h3-9H,10H2,1-2H3. The lowest BCUT2D eigenvalue weighted by Crippen LogP contribution is -2.17. The van der Waals surface area contributed by atoms with E-state index in [0.717, 1.165) is 11.8 Å². The minimum atomic E-state index is -0.794. The Kier molecular flexibility index (Phi) is 4.37. The molecule has 2 aromatic rings. The summed E-state index contributed by atoms with van der Waals surface area (Å²) < 4.78 is 19.2. The molecule has 0 unspecified atom stereocenters. The third kappa shape index (κ3) is 3.28. The third-order valence-electron chi connectivity index (χ3n) is 3.16. The van der Waals surface area contributed by atoms with Gasteiger partial charge in [0.05, 0.1) is 12.0 Å². The maximum absolute atomic E-state index is 14.1. The first kappa shape index (κ1) is 14.8. The first-order valence-corrected chi connectivity index (χ1v) is 6.30. The van der Waals surface area contributed by atoms with Crippen LogP contribution in [0, 0.1) is 15.9 Å². The van der Waals surface area contributed by atoms with Crippen molar-refractivity contribution >= 4 is 11.4 Å². The van der Waals surface area contributed by atoms with Crippen molar-refractivity contribution in [3.05, 3.63) is 64.0 Å². The number of nitro groups is 1. The maximum Gasteiger partial charge on any atom is 0.305 e. The van der Waals surface area contributed by atoms with Crippen LogP contribution in [0.25, 0.3) is 0 Å². The lowest BCUT2D eigenvalue weighted by Gasteiger charge is -2.20. The summed E-state index contributed by atoms with van der Waals surface area (Å²) in [6, 6.07) is 11.5. The molecule has 5 nitrogen and oxygen atoms in total. The van der Waals surface area contributed by atoms with Gasteiger partial charge in [-0.2, -0.15) is 4.39 Å². The monoisotopic (exact) mass is 290 g/mol. The summed E-state index contributed by atoms with van der Waals surface area (Å²) in [7, 11) is 3.35. The van der Waals surface area contributed by atoms with Gasteiger partial charge in [-0.3, -0.25) is 10.1 Å². The fraction of sp³-hybridized carbons (Fsp3) is 0.200. The van der Waals surface area contributed by atoms with E-state index in [9.17, 15) is 14.5 Å². The number of hydrogen-bond donors (Lipinski definition) is 0. The van der Waals surface area contributed by atoms with Crippen LogP contribution in [0.3, 0.4) is 0 Å². The topological polar surface area (TPSA) is 55.6 Å². The normalized spacial score (nSPS) is 10.2. The third-order valence-corrected chi connectivity index (χ3v) is 3.16. The van der Waals surface area contributed by atoms with E-state index in [2.05, 4.69) is 0 Å². The zero-order valence-electron chi connectivity index (χ0n) is 11.7. The van der Waals surface area contributed by atoms with Gasteiger partial charge >= 0.3 is 5.69 Å². The Labute approximate surface area is 121 Å². The molecule has 0 fully saturated rings. The number of hydrogen-bond acceptors (Lipinski definition) is 4. The summed E-state index contributed by atoms with van der Waals surface area (Å²) in [6.45, 7) is 0.223. The summed E-state index contributed by atoms with van der Waals surface area (Å²) in [6.07, 6.45) is 0. The van der Waals surface area contributed by atoms with Crippen LogP contribution in [-0.2, 0) is 6.54 Å².